The highest BCUT2D eigenvalue weighted by atomic mass is 35.5. The molecule has 1 aromatic heterocycles. The van der Waals surface area contributed by atoms with Crippen molar-refractivity contribution in [2.24, 2.45) is 0 Å². The van der Waals surface area contributed by atoms with Gasteiger partial charge in [-0.15, -0.1) is 11.3 Å². The molecule has 1 atom stereocenters. The molecule has 19 heavy (non-hydrogen) atoms. The van der Waals surface area contributed by atoms with Crippen LogP contribution in [0.4, 0.5) is 10.5 Å². The van der Waals surface area contributed by atoms with E-state index in [0.29, 0.717) is 15.7 Å². The Hall–Kier alpha value is -1.23. The maximum Gasteiger partial charge on any atom is 0.319 e. The number of carbonyl (C=O) groups is 1. The van der Waals surface area contributed by atoms with Crippen molar-refractivity contribution in [2.75, 3.05) is 5.32 Å². The number of nitrogens with one attached hydrogen (secondary N) is 2. The lowest BCUT2D eigenvalue weighted by Gasteiger charge is -2.13. The number of rotatable bonds is 3. The molecule has 0 bridgehead atoms. The average Bonchev–Trinajstić information content (AvgIpc) is 2.87. The summed E-state index contributed by atoms with van der Waals surface area (Å²) in [7, 11) is 0. The summed E-state index contributed by atoms with van der Waals surface area (Å²) in [5.41, 5.74) is 0.602. The predicted octanol–water partition coefficient (Wildman–Crippen LogP) is 4.94. The van der Waals surface area contributed by atoms with Crippen molar-refractivity contribution >= 4 is 46.3 Å². The molecule has 0 aliphatic carbocycles. The lowest BCUT2D eigenvalue weighted by molar-refractivity contribution is 0.249. The number of urea groups is 1. The number of hydrogen-bond donors (Lipinski definition) is 2. The van der Waals surface area contributed by atoms with Crippen molar-refractivity contribution in [3.05, 3.63) is 50.6 Å². The standard InChI is InChI=1S/C13H12Cl2N2OS/c1-8(12-3-2-6-19-12)16-13(18)17-9-4-5-10(14)11(15)7-9/h2-8H,1H3,(H2,16,17,18). The van der Waals surface area contributed by atoms with Gasteiger partial charge >= 0.3 is 6.03 Å². The Morgan fingerprint density at radius 3 is 2.68 bits per heavy atom. The van der Waals surface area contributed by atoms with Crippen LogP contribution in [0.2, 0.25) is 10.0 Å². The fourth-order valence-electron chi connectivity index (χ4n) is 1.55. The van der Waals surface area contributed by atoms with E-state index in [2.05, 4.69) is 10.6 Å². The van der Waals surface area contributed by atoms with Crippen molar-refractivity contribution in [1.82, 2.24) is 5.32 Å². The van der Waals surface area contributed by atoms with Gasteiger partial charge in [-0.1, -0.05) is 29.3 Å². The van der Waals surface area contributed by atoms with Crippen LogP contribution in [0.3, 0.4) is 0 Å². The molecule has 6 heteroatoms. The zero-order chi connectivity index (χ0) is 13.8. The highest BCUT2D eigenvalue weighted by Crippen LogP contribution is 2.25. The van der Waals surface area contributed by atoms with Crippen LogP contribution in [0.5, 0.6) is 0 Å². The first-order chi connectivity index (χ1) is 9.06. The molecule has 0 saturated carbocycles. The van der Waals surface area contributed by atoms with Crippen LogP contribution in [0.15, 0.2) is 35.7 Å². The Morgan fingerprint density at radius 2 is 2.05 bits per heavy atom. The van der Waals surface area contributed by atoms with Crippen molar-refractivity contribution in [1.29, 1.82) is 0 Å². The monoisotopic (exact) mass is 314 g/mol. The third kappa shape index (κ3) is 3.86. The highest BCUT2D eigenvalue weighted by Gasteiger charge is 2.10. The van der Waals surface area contributed by atoms with Gasteiger partial charge in [-0.3, -0.25) is 0 Å². The second-order valence-electron chi connectivity index (χ2n) is 3.96. The number of thiophene rings is 1. The minimum atomic E-state index is -0.278. The van der Waals surface area contributed by atoms with E-state index in [1.807, 2.05) is 24.4 Å². The Labute approximate surface area is 125 Å². The molecule has 0 radical (unpaired) electrons. The van der Waals surface area contributed by atoms with Crippen molar-refractivity contribution in [2.45, 2.75) is 13.0 Å². The number of carbonyl (C=O) groups excluding carboxylic acids is 1. The minimum absolute atomic E-state index is 0.0391. The van der Waals surface area contributed by atoms with Gasteiger partial charge < -0.3 is 10.6 Å². The van der Waals surface area contributed by atoms with Crippen LogP contribution in [0, 0.1) is 0 Å². The van der Waals surface area contributed by atoms with Gasteiger partial charge in [-0.25, -0.2) is 4.79 Å². The van der Waals surface area contributed by atoms with E-state index in [0.717, 1.165) is 4.88 Å². The molecule has 2 aromatic rings. The first-order valence-corrected chi connectivity index (χ1v) is 7.26. The summed E-state index contributed by atoms with van der Waals surface area (Å²) >= 11 is 13.3. The van der Waals surface area contributed by atoms with E-state index >= 15 is 0 Å². The molecule has 3 nitrogen and oxygen atoms in total. The first kappa shape index (κ1) is 14.2. The number of halogens is 2. The molecule has 0 spiro atoms. The second-order valence-corrected chi connectivity index (χ2v) is 5.76. The van der Waals surface area contributed by atoms with Crippen molar-refractivity contribution in [3.8, 4) is 0 Å². The summed E-state index contributed by atoms with van der Waals surface area (Å²) in [6, 6.07) is 8.57. The molecule has 2 N–H and O–H groups in total. The lowest BCUT2D eigenvalue weighted by atomic mass is 10.3. The van der Waals surface area contributed by atoms with E-state index in [1.54, 1.807) is 29.5 Å². The maximum atomic E-state index is 11.8. The van der Waals surface area contributed by atoms with Gasteiger partial charge in [-0.2, -0.15) is 0 Å². The van der Waals surface area contributed by atoms with Crippen LogP contribution < -0.4 is 10.6 Å². The number of benzene rings is 1. The zero-order valence-electron chi connectivity index (χ0n) is 10.1. The van der Waals surface area contributed by atoms with Crippen LogP contribution in [-0.4, -0.2) is 6.03 Å². The number of hydrogen-bond acceptors (Lipinski definition) is 2. The van der Waals surface area contributed by atoms with Crippen LogP contribution in [-0.2, 0) is 0 Å². The first-order valence-electron chi connectivity index (χ1n) is 5.62. The third-order valence-corrected chi connectivity index (χ3v) is 4.29. The number of anilines is 1. The SMILES string of the molecule is CC(NC(=O)Nc1ccc(Cl)c(Cl)c1)c1cccs1. The Bertz CT molecular complexity index is 572. The van der Waals surface area contributed by atoms with E-state index in [1.165, 1.54) is 0 Å². The van der Waals surface area contributed by atoms with Crippen molar-refractivity contribution < 1.29 is 4.79 Å². The predicted molar refractivity (Wildman–Crippen MR) is 81.4 cm³/mol. The van der Waals surface area contributed by atoms with Crippen LogP contribution in [0.1, 0.15) is 17.8 Å². The summed E-state index contributed by atoms with van der Waals surface area (Å²) in [5, 5.41) is 8.41. The lowest BCUT2D eigenvalue weighted by Crippen LogP contribution is -2.30. The van der Waals surface area contributed by atoms with Gasteiger partial charge in [0.2, 0.25) is 0 Å². The van der Waals surface area contributed by atoms with E-state index in [9.17, 15) is 4.79 Å². The van der Waals surface area contributed by atoms with Gasteiger partial charge in [0.15, 0.2) is 0 Å². The van der Waals surface area contributed by atoms with Gasteiger partial charge in [-0.05, 0) is 36.6 Å². The Balaban J connectivity index is 1.95. The fourth-order valence-corrected chi connectivity index (χ4v) is 2.58. The summed E-state index contributed by atoms with van der Waals surface area (Å²) in [6.45, 7) is 1.93. The van der Waals surface area contributed by atoms with E-state index < -0.39 is 0 Å². The maximum absolute atomic E-state index is 11.8. The average molecular weight is 315 g/mol. The Morgan fingerprint density at radius 1 is 1.26 bits per heavy atom. The van der Waals surface area contributed by atoms with Crippen LogP contribution >= 0.6 is 34.5 Å². The zero-order valence-corrected chi connectivity index (χ0v) is 12.4. The fraction of sp³-hybridized carbons (Fsp3) is 0.154. The van der Waals surface area contributed by atoms with Crippen molar-refractivity contribution in [3.63, 3.8) is 0 Å². The van der Waals surface area contributed by atoms with E-state index in [-0.39, 0.29) is 12.1 Å². The third-order valence-electron chi connectivity index (χ3n) is 2.50. The molecule has 0 fully saturated rings. The molecular formula is C13H12Cl2N2OS. The minimum Gasteiger partial charge on any atom is -0.331 e. The number of amides is 2. The van der Waals surface area contributed by atoms with Gasteiger partial charge in [0.05, 0.1) is 16.1 Å². The molecule has 1 heterocycles. The topological polar surface area (TPSA) is 41.1 Å². The van der Waals surface area contributed by atoms with Gasteiger partial charge in [0, 0.05) is 10.6 Å². The Kier molecular flexibility index (Phi) is 4.69. The molecule has 2 amide bonds. The van der Waals surface area contributed by atoms with Gasteiger partial charge in [0.25, 0.3) is 0 Å². The molecule has 0 aliphatic heterocycles. The molecule has 100 valence electrons. The highest BCUT2D eigenvalue weighted by molar-refractivity contribution is 7.10. The quantitative estimate of drug-likeness (QED) is 0.828. The molecular weight excluding hydrogens is 303 g/mol. The summed E-state index contributed by atoms with van der Waals surface area (Å²) in [5.74, 6) is 0. The van der Waals surface area contributed by atoms with Crippen LogP contribution in [0.25, 0.3) is 0 Å². The largest absolute Gasteiger partial charge is 0.331 e. The molecule has 2 rings (SSSR count). The summed E-state index contributed by atoms with van der Waals surface area (Å²) in [6.07, 6.45) is 0. The molecule has 0 saturated heterocycles. The molecule has 1 unspecified atom stereocenters. The normalized spacial score (nSPS) is 11.9. The second kappa shape index (κ2) is 6.28. The summed E-state index contributed by atoms with van der Waals surface area (Å²) in [4.78, 5) is 12.9. The molecule has 1 aromatic carbocycles. The smallest absolute Gasteiger partial charge is 0.319 e. The van der Waals surface area contributed by atoms with Gasteiger partial charge in [0.1, 0.15) is 0 Å². The molecule has 0 aliphatic rings. The van der Waals surface area contributed by atoms with E-state index in [4.69, 9.17) is 23.2 Å². The summed E-state index contributed by atoms with van der Waals surface area (Å²) < 4.78 is 0.